The Morgan fingerprint density at radius 3 is 2.53 bits per heavy atom. The zero-order chi connectivity index (χ0) is 24.2. The van der Waals surface area contributed by atoms with Crippen molar-refractivity contribution in [2.24, 2.45) is 0 Å². The number of rotatable bonds is 7. The Morgan fingerprint density at radius 2 is 1.85 bits per heavy atom. The number of benzene rings is 1. The normalized spacial score (nSPS) is 19.8. The fraction of sp³-hybridized carbons (Fsp3) is 0.500. The highest BCUT2D eigenvalue weighted by Gasteiger charge is 2.52. The van der Waals surface area contributed by atoms with Gasteiger partial charge in [0, 0.05) is 25.0 Å². The van der Waals surface area contributed by atoms with Crippen LogP contribution in [0.15, 0.2) is 41.2 Å². The Hall–Kier alpha value is -2.40. The molecule has 182 valence electrons. The summed E-state index contributed by atoms with van der Waals surface area (Å²) in [6.45, 7) is 11.5. The van der Waals surface area contributed by atoms with Gasteiger partial charge < -0.3 is 29.0 Å². The van der Waals surface area contributed by atoms with E-state index < -0.39 is 24.4 Å². The molecular formula is C24H32BN3O5S. The van der Waals surface area contributed by atoms with Gasteiger partial charge in [0.15, 0.2) is 5.13 Å². The first-order valence-corrected chi connectivity index (χ1v) is 12.4. The minimum Gasteiger partial charge on any atom is -0.445 e. The number of hydrogen-bond donors (Lipinski definition) is 1. The second-order valence-electron chi connectivity index (χ2n) is 9.38. The first-order valence-electron chi connectivity index (χ1n) is 11.5. The fourth-order valence-corrected chi connectivity index (χ4v) is 4.41. The molecule has 0 radical (unpaired) electrons. The van der Waals surface area contributed by atoms with Gasteiger partial charge in [0.25, 0.3) is 0 Å². The summed E-state index contributed by atoms with van der Waals surface area (Å²) in [5.41, 5.74) is 1.51. The molecule has 2 aliphatic rings. The average Bonchev–Trinajstić information content (AvgIpc) is 3.37. The Labute approximate surface area is 205 Å². The number of thiazole rings is 1. The van der Waals surface area contributed by atoms with Crippen molar-refractivity contribution in [2.75, 3.05) is 37.7 Å². The second kappa shape index (κ2) is 10.5. The molecular weight excluding hydrogens is 453 g/mol. The second-order valence-corrected chi connectivity index (χ2v) is 10.2. The molecule has 8 nitrogen and oxygen atoms in total. The van der Waals surface area contributed by atoms with E-state index in [4.69, 9.17) is 23.8 Å². The molecule has 2 saturated heterocycles. The van der Waals surface area contributed by atoms with Crippen molar-refractivity contribution in [1.82, 2.24) is 10.3 Å². The van der Waals surface area contributed by atoms with Crippen LogP contribution in [0.4, 0.5) is 9.93 Å². The number of alkyl carbamates (subject to hydrolysis) is 1. The maximum Gasteiger partial charge on any atom is 0.492 e. The van der Waals surface area contributed by atoms with Gasteiger partial charge in [-0.1, -0.05) is 30.3 Å². The molecule has 0 unspecified atom stereocenters. The number of nitrogens with one attached hydrogen (secondary N) is 1. The first kappa shape index (κ1) is 24.7. The van der Waals surface area contributed by atoms with Crippen LogP contribution < -0.4 is 10.2 Å². The number of morpholine rings is 1. The molecule has 34 heavy (non-hydrogen) atoms. The lowest BCUT2D eigenvalue weighted by Crippen LogP contribution is -2.41. The van der Waals surface area contributed by atoms with Crippen molar-refractivity contribution in [2.45, 2.75) is 45.5 Å². The van der Waals surface area contributed by atoms with E-state index in [1.54, 1.807) is 11.3 Å². The van der Waals surface area contributed by atoms with Crippen LogP contribution >= 0.6 is 11.3 Å². The molecule has 2 fully saturated rings. The van der Waals surface area contributed by atoms with Gasteiger partial charge in [-0.15, -0.1) is 11.3 Å². The highest BCUT2D eigenvalue weighted by atomic mass is 32.1. The average molecular weight is 485 g/mol. The van der Waals surface area contributed by atoms with Crippen molar-refractivity contribution in [3.8, 4) is 0 Å². The summed E-state index contributed by atoms with van der Waals surface area (Å²) in [7, 11) is -0.604. The highest BCUT2D eigenvalue weighted by Crippen LogP contribution is 2.39. The van der Waals surface area contributed by atoms with Gasteiger partial charge >= 0.3 is 13.2 Å². The standard InChI is InChI=1S/C24H32BN3O5S/c1-23(2)24(3,4)33-25(32-23)19(15-26-22(29)31-16-18-8-6-5-7-9-18)14-20-17-34-21(27-20)28-10-12-30-13-11-28/h5-9,14,17H,10-13,15-16H2,1-4H3,(H,26,29). The number of anilines is 1. The number of hydrogen-bond acceptors (Lipinski definition) is 8. The molecule has 10 heteroatoms. The van der Waals surface area contributed by atoms with Crippen LogP contribution in [0.1, 0.15) is 39.0 Å². The van der Waals surface area contributed by atoms with Crippen LogP contribution in [0.3, 0.4) is 0 Å². The summed E-state index contributed by atoms with van der Waals surface area (Å²) < 4.78 is 23.3. The maximum absolute atomic E-state index is 12.4. The summed E-state index contributed by atoms with van der Waals surface area (Å²) in [6, 6.07) is 9.58. The maximum atomic E-state index is 12.4. The van der Waals surface area contributed by atoms with E-state index in [9.17, 15) is 4.79 Å². The lowest BCUT2D eigenvalue weighted by molar-refractivity contribution is 0.00578. The number of nitrogens with zero attached hydrogens (tertiary/aromatic N) is 2. The topological polar surface area (TPSA) is 82.2 Å². The van der Waals surface area contributed by atoms with Gasteiger partial charge in [-0.25, -0.2) is 9.78 Å². The fourth-order valence-electron chi connectivity index (χ4n) is 3.58. The molecule has 1 amide bonds. The Morgan fingerprint density at radius 1 is 1.18 bits per heavy atom. The summed E-state index contributed by atoms with van der Waals surface area (Å²) in [5.74, 6) is 0. The predicted molar refractivity (Wildman–Crippen MR) is 134 cm³/mol. The molecule has 2 aromatic rings. The largest absolute Gasteiger partial charge is 0.492 e. The van der Waals surface area contributed by atoms with Crippen molar-refractivity contribution in [3.63, 3.8) is 0 Å². The lowest BCUT2D eigenvalue weighted by Gasteiger charge is -2.32. The summed E-state index contributed by atoms with van der Waals surface area (Å²) in [5, 5.41) is 5.79. The van der Waals surface area contributed by atoms with E-state index >= 15 is 0 Å². The molecule has 0 spiro atoms. The van der Waals surface area contributed by atoms with Gasteiger partial charge in [0.05, 0.1) is 30.1 Å². The van der Waals surface area contributed by atoms with Crippen molar-refractivity contribution in [3.05, 3.63) is 52.4 Å². The Kier molecular flexibility index (Phi) is 7.62. The number of ether oxygens (including phenoxy) is 2. The summed E-state index contributed by atoms with van der Waals surface area (Å²) in [6.07, 6.45) is 1.43. The van der Waals surface area contributed by atoms with Crippen LogP contribution in [0.5, 0.6) is 0 Å². The molecule has 1 aromatic heterocycles. The molecule has 0 bridgehead atoms. The molecule has 0 atom stereocenters. The minimum atomic E-state index is -0.604. The van der Waals surface area contributed by atoms with Crippen molar-refractivity contribution >= 4 is 35.8 Å². The van der Waals surface area contributed by atoms with Crippen LogP contribution in [-0.2, 0) is 25.4 Å². The van der Waals surface area contributed by atoms with Crippen molar-refractivity contribution in [1.29, 1.82) is 0 Å². The molecule has 2 aliphatic heterocycles. The molecule has 0 aliphatic carbocycles. The predicted octanol–water partition coefficient (Wildman–Crippen LogP) is 3.92. The van der Waals surface area contributed by atoms with Crippen LogP contribution in [0, 0.1) is 0 Å². The minimum absolute atomic E-state index is 0.206. The number of amides is 1. The lowest BCUT2D eigenvalue weighted by atomic mass is 9.77. The smallest absolute Gasteiger partial charge is 0.445 e. The van der Waals surface area contributed by atoms with Gasteiger partial charge in [0.2, 0.25) is 0 Å². The summed E-state index contributed by atoms with van der Waals surface area (Å²) in [4.78, 5) is 19.4. The quantitative estimate of drug-likeness (QED) is 0.596. The first-order chi connectivity index (χ1) is 16.2. The van der Waals surface area contributed by atoms with Gasteiger partial charge in [-0.05, 0) is 44.8 Å². The number of aromatic nitrogens is 1. The van der Waals surface area contributed by atoms with Gasteiger partial charge in [-0.2, -0.15) is 0 Å². The van der Waals surface area contributed by atoms with Gasteiger partial charge in [-0.3, -0.25) is 0 Å². The zero-order valence-corrected chi connectivity index (χ0v) is 21.0. The van der Waals surface area contributed by atoms with E-state index in [2.05, 4.69) is 10.2 Å². The van der Waals surface area contributed by atoms with E-state index in [0.29, 0.717) is 13.2 Å². The SMILES string of the molecule is CC1(C)OB(C(=Cc2csc(N3CCOCC3)n2)CNC(=O)OCc2ccccc2)OC1(C)C. The van der Waals surface area contributed by atoms with E-state index in [1.807, 2.05) is 69.5 Å². The third kappa shape index (κ3) is 5.99. The molecule has 1 aromatic carbocycles. The zero-order valence-electron chi connectivity index (χ0n) is 20.2. The Balaban J connectivity index is 1.46. The molecule has 4 rings (SSSR count). The van der Waals surface area contributed by atoms with E-state index in [1.165, 1.54) is 0 Å². The molecule has 1 N–H and O–H groups in total. The van der Waals surface area contributed by atoms with E-state index in [-0.39, 0.29) is 13.2 Å². The van der Waals surface area contributed by atoms with E-state index in [0.717, 1.165) is 35.0 Å². The highest BCUT2D eigenvalue weighted by molar-refractivity contribution is 7.13. The van der Waals surface area contributed by atoms with Crippen molar-refractivity contribution < 1.29 is 23.6 Å². The summed E-state index contributed by atoms with van der Waals surface area (Å²) >= 11 is 1.59. The Bertz CT molecular complexity index is 989. The van der Waals surface area contributed by atoms with Crippen LogP contribution in [0.25, 0.3) is 6.08 Å². The number of carbonyl (C=O) groups excluding carboxylic acids is 1. The van der Waals surface area contributed by atoms with Crippen LogP contribution in [0.2, 0.25) is 0 Å². The number of carbonyl (C=O) groups is 1. The molecule has 3 heterocycles. The third-order valence-electron chi connectivity index (χ3n) is 6.33. The van der Waals surface area contributed by atoms with Crippen LogP contribution in [-0.4, -0.2) is 62.2 Å². The third-order valence-corrected chi connectivity index (χ3v) is 7.25. The monoisotopic (exact) mass is 485 g/mol. The molecule has 0 saturated carbocycles. The van der Waals surface area contributed by atoms with Gasteiger partial charge in [0.1, 0.15) is 6.61 Å².